The van der Waals surface area contributed by atoms with Crippen LogP contribution < -0.4 is 0 Å². The molecule has 0 aliphatic carbocycles. The molecule has 0 saturated heterocycles. The molecule has 2 aromatic carbocycles. The number of fused-ring (bicyclic) bond motifs is 1. The minimum absolute atomic E-state index is 0.164. The van der Waals surface area contributed by atoms with Crippen LogP contribution in [-0.2, 0) is 0 Å². The highest BCUT2D eigenvalue weighted by atomic mass is 79.9. The van der Waals surface area contributed by atoms with Gasteiger partial charge in [0.15, 0.2) is 0 Å². The Labute approximate surface area is 155 Å². The number of hydrogen-bond acceptors (Lipinski definition) is 1. The van der Waals surface area contributed by atoms with Crippen molar-refractivity contribution in [2.45, 2.75) is 4.83 Å². The van der Waals surface area contributed by atoms with Gasteiger partial charge in [0.1, 0.15) is 0 Å². The van der Waals surface area contributed by atoms with Crippen molar-refractivity contribution in [3.05, 3.63) is 66.3 Å². The van der Waals surface area contributed by atoms with Crippen molar-refractivity contribution < 1.29 is 0 Å². The molecule has 3 aromatic rings. The molecule has 0 bridgehead atoms. The summed E-state index contributed by atoms with van der Waals surface area (Å²) >= 11 is 16.4. The predicted molar refractivity (Wildman–Crippen MR) is 102 cm³/mol. The second kappa shape index (κ2) is 6.21. The molecule has 1 unspecified atom stereocenters. The lowest BCUT2D eigenvalue weighted by Gasteiger charge is -2.12. The Balaban J connectivity index is 2.15. The molecule has 0 aliphatic heterocycles. The first-order valence-corrected chi connectivity index (χ1v) is 10.00. The summed E-state index contributed by atoms with van der Waals surface area (Å²) in [5.74, 6) is 0. The fourth-order valence-corrected chi connectivity index (χ4v) is 5.86. The molecule has 0 amide bonds. The predicted octanol–water partition coefficient (Wildman–Crippen LogP) is 7.67. The maximum atomic E-state index is 3.84. The van der Waals surface area contributed by atoms with Crippen LogP contribution in [0, 0.1) is 0 Å². The molecule has 20 heavy (non-hydrogen) atoms. The summed E-state index contributed by atoms with van der Waals surface area (Å²) in [6.45, 7) is 0. The van der Waals surface area contributed by atoms with Crippen LogP contribution in [0.25, 0.3) is 10.1 Å². The van der Waals surface area contributed by atoms with E-state index in [2.05, 4.69) is 99.4 Å². The smallest absolute Gasteiger partial charge is 0.0670 e. The molecule has 1 aromatic heterocycles. The van der Waals surface area contributed by atoms with Crippen LogP contribution in [0.1, 0.15) is 16.0 Å². The van der Waals surface area contributed by atoms with Gasteiger partial charge in [-0.1, -0.05) is 59.9 Å². The minimum Gasteiger partial charge on any atom is -0.142 e. The van der Waals surface area contributed by atoms with Crippen molar-refractivity contribution in [1.82, 2.24) is 0 Å². The lowest BCUT2D eigenvalue weighted by Crippen LogP contribution is -1.93. The van der Waals surface area contributed by atoms with Gasteiger partial charge in [-0.05, 0) is 62.1 Å². The Morgan fingerprint density at radius 3 is 2.50 bits per heavy atom. The number of rotatable bonds is 2. The Hall–Kier alpha value is 0.320. The highest BCUT2D eigenvalue weighted by Gasteiger charge is 2.18. The zero-order valence-electron chi connectivity index (χ0n) is 10.0. The van der Waals surface area contributed by atoms with Gasteiger partial charge in [0.05, 0.1) is 4.83 Å². The molecule has 5 heteroatoms. The van der Waals surface area contributed by atoms with Crippen LogP contribution >= 0.6 is 75.1 Å². The zero-order chi connectivity index (χ0) is 14.3. The zero-order valence-corrected chi connectivity index (χ0v) is 17.2. The third kappa shape index (κ3) is 2.80. The van der Waals surface area contributed by atoms with Gasteiger partial charge in [0, 0.05) is 18.1 Å². The van der Waals surface area contributed by atoms with Crippen LogP contribution in [0.15, 0.2) is 55.2 Å². The average molecular weight is 540 g/mol. The minimum atomic E-state index is 0.164. The van der Waals surface area contributed by atoms with E-state index in [0.717, 1.165) is 13.4 Å². The number of hydrogen-bond donors (Lipinski definition) is 0. The van der Waals surface area contributed by atoms with Crippen molar-refractivity contribution >= 4 is 85.1 Å². The second-order valence-electron chi connectivity index (χ2n) is 4.34. The Morgan fingerprint density at radius 2 is 1.70 bits per heavy atom. The van der Waals surface area contributed by atoms with E-state index >= 15 is 0 Å². The maximum Gasteiger partial charge on any atom is 0.0670 e. The molecule has 1 heterocycles. The molecule has 1 atom stereocenters. The number of halogens is 4. The van der Waals surface area contributed by atoms with Crippen LogP contribution in [-0.4, -0.2) is 0 Å². The largest absolute Gasteiger partial charge is 0.142 e. The van der Waals surface area contributed by atoms with Gasteiger partial charge in [-0.2, -0.15) is 0 Å². The van der Waals surface area contributed by atoms with Crippen molar-refractivity contribution in [2.75, 3.05) is 0 Å². The number of benzene rings is 2. The van der Waals surface area contributed by atoms with E-state index in [4.69, 9.17) is 0 Å². The van der Waals surface area contributed by atoms with Crippen molar-refractivity contribution in [2.24, 2.45) is 0 Å². The Kier molecular flexibility index (Phi) is 4.73. The van der Waals surface area contributed by atoms with E-state index in [1.165, 1.54) is 21.2 Å². The fourth-order valence-electron chi connectivity index (χ4n) is 2.11. The third-order valence-corrected chi connectivity index (χ3v) is 7.26. The first-order chi connectivity index (χ1) is 9.58. The van der Waals surface area contributed by atoms with Gasteiger partial charge in [0.2, 0.25) is 0 Å². The quantitative estimate of drug-likeness (QED) is 0.293. The van der Waals surface area contributed by atoms with Gasteiger partial charge in [0.25, 0.3) is 0 Å². The highest BCUT2D eigenvalue weighted by molar-refractivity contribution is 9.11. The van der Waals surface area contributed by atoms with E-state index in [9.17, 15) is 0 Å². The normalized spacial score (nSPS) is 12.8. The summed E-state index contributed by atoms with van der Waals surface area (Å²) in [5, 5.41) is 3.51. The summed E-state index contributed by atoms with van der Waals surface area (Å²) in [6.07, 6.45) is 0. The van der Waals surface area contributed by atoms with E-state index in [1.807, 2.05) is 6.07 Å². The van der Waals surface area contributed by atoms with Crippen LogP contribution in [0.2, 0.25) is 0 Å². The second-order valence-corrected chi connectivity index (χ2v) is 8.76. The molecule has 0 N–H and O–H groups in total. The first-order valence-electron chi connectivity index (χ1n) is 5.82. The van der Waals surface area contributed by atoms with E-state index in [1.54, 1.807) is 11.3 Å². The van der Waals surface area contributed by atoms with Crippen LogP contribution in [0.5, 0.6) is 0 Å². The molecule has 0 nitrogen and oxygen atoms in total. The van der Waals surface area contributed by atoms with Gasteiger partial charge < -0.3 is 0 Å². The lowest BCUT2D eigenvalue weighted by molar-refractivity contribution is 1.19. The molecule has 0 radical (unpaired) electrons. The maximum absolute atomic E-state index is 3.84. The monoisotopic (exact) mass is 536 g/mol. The molecule has 0 fully saturated rings. The highest BCUT2D eigenvalue weighted by Crippen LogP contribution is 2.43. The molecule has 102 valence electrons. The molecule has 3 rings (SSSR count). The van der Waals surface area contributed by atoms with Crippen LogP contribution in [0.3, 0.4) is 0 Å². The molecule has 0 aliphatic rings. The summed E-state index contributed by atoms with van der Waals surface area (Å²) < 4.78 is 4.63. The van der Waals surface area contributed by atoms with Gasteiger partial charge in [-0.15, -0.1) is 11.3 Å². The fraction of sp³-hybridized carbons (Fsp3) is 0.0667. The summed E-state index contributed by atoms with van der Waals surface area (Å²) in [4.78, 5) is 0.164. The van der Waals surface area contributed by atoms with E-state index in [-0.39, 0.29) is 4.83 Å². The van der Waals surface area contributed by atoms with Crippen molar-refractivity contribution in [1.29, 1.82) is 0 Å². The summed E-state index contributed by atoms with van der Waals surface area (Å²) in [5.41, 5.74) is 2.52. The topological polar surface area (TPSA) is 0 Å². The Morgan fingerprint density at radius 1 is 0.900 bits per heavy atom. The van der Waals surface area contributed by atoms with Gasteiger partial charge in [-0.3, -0.25) is 0 Å². The average Bonchev–Trinajstić information content (AvgIpc) is 2.86. The van der Waals surface area contributed by atoms with E-state index < -0.39 is 0 Å². The summed E-state index contributed by atoms with van der Waals surface area (Å²) in [7, 11) is 0. The Bertz CT molecular complexity index is 779. The van der Waals surface area contributed by atoms with Crippen molar-refractivity contribution in [3.8, 4) is 0 Å². The first kappa shape index (κ1) is 15.2. The van der Waals surface area contributed by atoms with Crippen molar-refractivity contribution in [3.63, 3.8) is 0 Å². The third-order valence-electron chi connectivity index (χ3n) is 3.09. The lowest BCUT2D eigenvalue weighted by atomic mass is 10.0. The molecular weight excluding hydrogens is 532 g/mol. The molecule has 0 saturated carbocycles. The number of thiophene rings is 1. The summed E-state index contributed by atoms with van der Waals surface area (Å²) in [6, 6.07) is 12.6. The molecular formula is C15H8Br4S. The molecule has 0 spiro atoms. The van der Waals surface area contributed by atoms with E-state index in [0.29, 0.717) is 0 Å². The standard InChI is InChI=1S/C15H8Br4S/c16-8-4-5-12(17)10(6-8)14(19)11-7-20-15-9(11)2-1-3-13(15)18/h1-7,14H. The number of alkyl halides is 1. The SMILES string of the molecule is Brc1ccc(Br)c(C(Br)c2csc3c(Br)cccc23)c1. The van der Waals surface area contributed by atoms with Crippen LogP contribution in [0.4, 0.5) is 0 Å². The van der Waals surface area contributed by atoms with Gasteiger partial charge >= 0.3 is 0 Å². The van der Waals surface area contributed by atoms with Gasteiger partial charge in [-0.25, -0.2) is 0 Å².